The molecule has 4 aromatic rings. The standard InChI is InChI=1S/C33H37N5O7/c1-5-42-31(40)26(36-32(41)44-33(2,3)4)15-16-28(39)37-30-25(9-8-18-35-30)27-20-24(38-45-27)19-22-11-13-23(14-12-22)21-43-29-10-6-7-17-34-29/h6-14,17-18,20,26H,5,15-16,19,21H2,1-4H3,(H,36,41)(H,35,37,39). The van der Waals surface area contributed by atoms with E-state index in [4.69, 9.17) is 18.7 Å². The maximum Gasteiger partial charge on any atom is 0.408 e. The molecule has 0 saturated heterocycles. The van der Waals surface area contributed by atoms with Gasteiger partial charge in [-0.2, -0.15) is 0 Å². The second-order valence-corrected chi connectivity index (χ2v) is 11.1. The van der Waals surface area contributed by atoms with Crippen LogP contribution in [-0.4, -0.2) is 51.3 Å². The number of pyridine rings is 2. The molecule has 0 aliphatic rings. The number of rotatable bonds is 13. The van der Waals surface area contributed by atoms with Gasteiger partial charge in [0, 0.05) is 37.4 Å². The van der Waals surface area contributed by atoms with Gasteiger partial charge in [-0.3, -0.25) is 4.79 Å². The van der Waals surface area contributed by atoms with Crippen LogP contribution in [0, 0.1) is 0 Å². The van der Waals surface area contributed by atoms with E-state index in [2.05, 4.69) is 25.8 Å². The van der Waals surface area contributed by atoms with Crippen molar-refractivity contribution < 1.29 is 33.1 Å². The second-order valence-electron chi connectivity index (χ2n) is 11.1. The average Bonchev–Trinajstić information content (AvgIpc) is 3.47. The van der Waals surface area contributed by atoms with Gasteiger partial charge in [0.1, 0.15) is 24.1 Å². The monoisotopic (exact) mass is 615 g/mol. The lowest BCUT2D eigenvalue weighted by atomic mass is 10.1. The van der Waals surface area contributed by atoms with Crippen molar-refractivity contribution >= 4 is 23.8 Å². The lowest BCUT2D eigenvalue weighted by Gasteiger charge is -2.22. The van der Waals surface area contributed by atoms with Crippen LogP contribution in [-0.2, 0) is 32.1 Å². The highest BCUT2D eigenvalue weighted by Crippen LogP contribution is 2.27. The number of esters is 1. The molecule has 1 aromatic carbocycles. The van der Waals surface area contributed by atoms with Crippen molar-refractivity contribution in [3.8, 4) is 17.2 Å². The van der Waals surface area contributed by atoms with Crippen molar-refractivity contribution in [3.63, 3.8) is 0 Å². The van der Waals surface area contributed by atoms with E-state index in [1.807, 2.05) is 42.5 Å². The first-order chi connectivity index (χ1) is 21.6. The number of hydrogen-bond acceptors (Lipinski definition) is 10. The van der Waals surface area contributed by atoms with Crippen LogP contribution in [0.15, 0.2) is 77.6 Å². The highest BCUT2D eigenvalue weighted by Gasteiger charge is 2.26. The molecule has 236 valence electrons. The number of hydrogen-bond donors (Lipinski definition) is 2. The topological polar surface area (TPSA) is 155 Å². The van der Waals surface area contributed by atoms with Gasteiger partial charge in [-0.25, -0.2) is 19.6 Å². The molecular weight excluding hydrogens is 578 g/mol. The van der Waals surface area contributed by atoms with Crippen LogP contribution >= 0.6 is 0 Å². The Labute approximate surface area is 261 Å². The van der Waals surface area contributed by atoms with Crippen molar-refractivity contribution in [2.45, 2.75) is 65.2 Å². The molecule has 12 heteroatoms. The third kappa shape index (κ3) is 10.4. The van der Waals surface area contributed by atoms with Crippen LogP contribution < -0.4 is 15.4 Å². The summed E-state index contributed by atoms with van der Waals surface area (Å²) in [5.74, 6) is 0.206. The molecule has 2 N–H and O–H groups in total. The molecule has 2 amide bonds. The highest BCUT2D eigenvalue weighted by atomic mass is 16.6. The Bertz CT molecular complexity index is 1570. The van der Waals surface area contributed by atoms with Gasteiger partial charge >= 0.3 is 12.1 Å². The lowest BCUT2D eigenvalue weighted by Crippen LogP contribution is -2.44. The molecular formula is C33H37N5O7. The van der Waals surface area contributed by atoms with E-state index in [9.17, 15) is 14.4 Å². The SMILES string of the molecule is CCOC(=O)C(CCC(=O)Nc1ncccc1-c1cc(Cc2ccc(COc3ccccn3)cc2)no1)NC(=O)OC(C)(C)C. The summed E-state index contributed by atoms with van der Waals surface area (Å²) >= 11 is 0. The third-order valence-corrected chi connectivity index (χ3v) is 6.24. The molecule has 12 nitrogen and oxygen atoms in total. The number of amides is 2. The molecule has 4 rings (SSSR count). The number of alkyl carbamates (subject to hydrolysis) is 1. The van der Waals surface area contributed by atoms with Crippen molar-refractivity contribution in [2.75, 3.05) is 11.9 Å². The maximum absolute atomic E-state index is 12.9. The molecule has 3 aromatic heterocycles. The van der Waals surface area contributed by atoms with Crippen molar-refractivity contribution in [1.82, 2.24) is 20.4 Å². The summed E-state index contributed by atoms with van der Waals surface area (Å²) in [4.78, 5) is 46.0. The summed E-state index contributed by atoms with van der Waals surface area (Å²) < 4.78 is 21.6. The number of nitrogens with one attached hydrogen (secondary N) is 2. The Morgan fingerprint density at radius 3 is 2.42 bits per heavy atom. The minimum absolute atomic E-state index is 0.00735. The lowest BCUT2D eigenvalue weighted by molar-refractivity contribution is -0.145. The van der Waals surface area contributed by atoms with Gasteiger partial charge in [-0.15, -0.1) is 0 Å². The van der Waals surface area contributed by atoms with Gasteiger partial charge in [-0.05, 0) is 63.4 Å². The van der Waals surface area contributed by atoms with Crippen molar-refractivity contribution in [2.24, 2.45) is 0 Å². The summed E-state index contributed by atoms with van der Waals surface area (Å²) in [6, 6.07) is 17.7. The van der Waals surface area contributed by atoms with Crippen LogP contribution in [0.5, 0.6) is 5.88 Å². The first kappa shape index (κ1) is 32.6. The Hall–Kier alpha value is -5.26. The van der Waals surface area contributed by atoms with Crippen LogP contribution in [0.1, 0.15) is 57.4 Å². The van der Waals surface area contributed by atoms with Crippen molar-refractivity contribution in [3.05, 3.63) is 89.9 Å². The molecule has 3 heterocycles. The van der Waals surface area contributed by atoms with E-state index < -0.39 is 29.6 Å². The van der Waals surface area contributed by atoms with Crippen LogP contribution in [0.25, 0.3) is 11.3 Å². The number of carbonyl (C=O) groups excluding carboxylic acids is 3. The first-order valence-electron chi connectivity index (χ1n) is 14.6. The molecule has 0 saturated carbocycles. The number of carbonyl (C=O) groups is 3. The molecule has 0 radical (unpaired) electrons. The summed E-state index contributed by atoms with van der Waals surface area (Å²) in [5.41, 5.74) is 2.54. The van der Waals surface area contributed by atoms with Crippen molar-refractivity contribution in [1.29, 1.82) is 0 Å². The minimum Gasteiger partial charge on any atom is -0.473 e. The maximum atomic E-state index is 12.9. The molecule has 0 aliphatic carbocycles. The summed E-state index contributed by atoms with van der Waals surface area (Å²) in [6.07, 6.45) is 2.88. The van der Waals surface area contributed by atoms with E-state index in [1.54, 1.807) is 58.3 Å². The molecule has 0 bridgehead atoms. The average molecular weight is 616 g/mol. The van der Waals surface area contributed by atoms with E-state index >= 15 is 0 Å². The van der Waals surface area contributed by atoms with Gasteiger partial charge in [0.25, 0.3) is 0 Å². The Balaban J connectivity index is 1.34. The molecule has 45 heavy (non-hydrogen) atoms. The zero-order chi connectivity index (χ0) is 32.2. The molecule has 0 fully saturated rings. The molecule has 1 atom stereocenters. The fourth-order valence-electron chi connectivity index (χ4n) is 4.19. The number of anilines is 1. The summed E-state index contributed by atoms with van der Waals surface area (Å²) in [7, 11) is 0. The predicted molar refractivity (Wildman–Crippen MR) is 165 cm³/mol. The quantitative estimate of drug-likeness (QED) is 0.185. The van der Waals surface area contributed by atoms with E-state index in [-0.39, 0.29) is 25.3 Å². The number of nitrogens with zero attached hydrogens (tertiary/aromatic N) is 3. The van der Waals surface area contributed by atoms with E-state index in [1.165, 1.54) is 0 Å². The Morgan fingerprint density at radius 2 is 1.71 bits per heavy atom. The van der Waals surface area contributed by atoms with Crippen LogP contribution in [0.2, 0.25) is 0 Å². The second kappa shape index (κ2) is 15.5. The van der Waals surface area contributed by atoms with Gasteiger partial charge in [0.15, 0.2) is 5.76 Å². The largest absolute Gasteiger partial charge is 0.473 e. The minimum atomic E-state index is -1.06. The molecule has 0 aliphatic heterocycles. The number of ether oxygens (including phenoxy) is 3. The highest BCUT2D eigenvalue weighted by molar-refractivity contribution is 5.94. The Morgan fingerprint density at radius 1 is 0.956 bits per heavy atom. The third-order valence-electron chi connectivity index (χ3n) is 6.24. The first-order valence-corrected chi connectivity index (χ1v) is 14.6. The fourth-order valence-corrected chi connectivity index (χ4v) is 4.19. The van der Waals surface area contributed by atoms with Gasteiger partial charge in [0.05, 0.1) is 17.9 Å². The van der Waals surface area contributed by atoms with E-state index in [0.717, 1.165) is 11.1 Å². The fraction of sp³-hybridized carbons (Fsp3) is 0.333. The summed E-state index contributed by atoms with van der Waals surface area (Å²) in [6.45, 7) is 7.32. The zero-order valence-electron chi connectivity index (χ0n) is 25.7. The van der Waals surface area contributed by atoms with Gasteiger partial charge in [0.2, 0.25) is 11.8 Å². The van der Waals surface area contributed by atoms with Crippen LogP contribution in [0.4, 0.5) is 10.6 Å². The Kier molecular flexibility index (Phi) is 11.2. The number of benzene rings is 1. The predicted octanol–water partition coefficient (Wildman–Crippen LogP) is 5.48. The van der Waals surface area contributed by atoms with Gasteiger partial charge < -0.3 is 29.4 Å². The van der Waals surface area contributed by atoms with E-state index in [0.29, 0.717) is 35.9 Å². The van der Waals surface area contributed by atoms with Crippen LogP contribution in [0.3, 0.4) is 0 Å². The zero-order valence-corrected chi connectivity index (χ0v) is 25.7. The molecule has 0 spiro atoms. The normalized spacial score (nSPS) is 11.7. The smallest absolute Gasteiger partial charge is 0.408 e. The molecule has 1 unspecified atom stereocenters. The number of aromatic nitrogens is 3. The summed E-state index contributed by atoms with van der Waals surface area (Å²) in [5, 5.41) is 9.46. The van der Waals surface area contributed by atoms with Gasteiger partial charge in [-0.1, -0.05) is 35.5 Å².